The monoisotopic (exact) mass is 1260 g/mol. The van der Waals surface area contributed by atoms with E-state index in [1.807, 2.05) is 0 Å². The first-order valence-corrected chi connectivity index (χ1v) is 33.7. The van der Waals surface area contributed by atoms with Crippen molar-refractivity contribution in [3.8, 4) is 5.75 Å². The van der Waals surface area contributed by atoms with E-state index in [-0.39, 0.29) is 112 Å². The summed E-state index contributed by atoms with van der Waals surface area (Å²) < 4.78 is 18.0. The molecule has 5 aliphatic carbocycles. The molecule has 2 unspecified atom stereocenters. The number of aliphatic hydroxyl groups excluding tert-OH is 1. The topological polar surface area (TPSA) is 281 Å². The minimum absolute atomic E-state index is 0.0534. The molecule has 1 aromatic carbocycles. The number of aliphatic imine (C=N–C) groups is 1. The molecular weight excluding hydrogens is 1160 g/mol. The molecule has 4 fully saturated rings. The number of nitrogens with zero attached hydrogens (tertiary/aromatic N) is 4. The Hall–Kier alpha value is -5.55. The van der Waals surface area contributed by atoms with Crippen molar-refractivity contribution in [2.45, 2.75) is 176 Å². The summed E-state index contributed by atoms with van der Waals surface area (Å²) in [6, 6.07) is 3.13. The lowest BCUT2D eigenvalue weighted by Crippen LogP contribution is -2.54. The first-order chi connectivity index (χ1) is 41.7. The highest BCUT2D eigenvalue weighted by Crippen LogP contribution is 2.68. The number of fused-ring (bicyclic) bond motifs is 6. The summed E-state index contributed by atoms with van der Waals surface area (Å²) in [6.07, 6.45) is 12.0. The van der Waals surface area contributed by atoms with E-state index in [2.05, 4.69) is 41.4 Å². The lowest BCUT2D eigenvalue weighted by Gasteiger charge is -2.61. The maximum absolute atomic E-state index is 13.9. The lowest BCUT2D eigenvalue weighted by molar-refractivity contribution is -0.142. The summed E-state index contributed by atoms with van der Waals surface area (Å²) in [7, 11) is 1.60. The molecule has 0 spiro atoms. The van der Waals surface area contributed by atoms with Gasteiger partial charge >= 0.3 is 18.0 Å². The number of benzene rings is 1. The average Bonchev–Trinajstić information content (AvgIpc) is 1.37. The fourth-order valence-corrected chi connectivity index (χ4v) is 17.9. The van der Waals surface area contributed by atoms with Crippen LogP contribution in [0.25, 0.3) is 10.2 Å². The van der Waals surface area contributed by atoms with Gasteiger partial charge in [-0.2, -0.15) is 0 Å². The second-order valence-corrected chi connectivity index (χ2v) is 29.0. The largest absolute Gasteiger partial charge is 0.480 e. The number of carboxylic acids is 2. The molecule has 6 aliphatic rings. The number of ether oxygens (including phenoxy) is 3. The number of aromatic nitrogens is 1. The number of unbranched alkanes of at least 4 members (excludes halogenated alkanes) is 1. The van der Waals surface area contributed by atoms with Crippen LogP contribution in [-0.2, 0) is 43.0 Å². The molecule has 5 N–H and O–H groups in total. The quantitative estimate of drug-likeness (QED) is 0.0374. The maximum Gasteiger partial charge on any atom is 0.415 e. The molecule has 484 valence electrons. The van der Waals surface area contributed by atoms with Crippen LogP contribution in [0.4, 0.5) is 4.79 Å². The Labute approximate surface area is 526 Å². The Morgan fingerprint density at radius 1 is 0.818 bits per heavy atom. The molecule has 11 atom stereocenters. The van der Waals surface area contributed by atoms with Crippen LogP contribution in [0.15, 0.2) is 45.5 Å². The number of allylic oxidation sites excluding steroid dienone is 4. The number of hydrogen-bond acceptors (Lipinski definition) is 16. The number of aliphatic carboxylic acids is 2. The molecule has 0 radical (unpaired) electrons. The minimum Gasteiger partial charge on any atom is -0.480 e. The zero-order valence-electron chi connectivity index (χ0n) is 53.0. The van der Waals surface area contributed by atoms with Crippen LogP contribution in [0.2, 0.25) is 0 Å². The van der Waals surface area contributed by atoms with Gasteiger partial charge < -0.3 is 50.0 Å². The Balaban J connectivity index is 0.727. The SMILES string of the molecule is CC1=C(C)C(=O)C(C(C)(C)CC(=O)N(C)CCN(CCOCCOCCC(=O)NCCCCC(NC(=O)CC[C@@H](C)[C@H]2CC[C@H]3[C@@H]4CC[C@@H]5C[C@H](O)CC[C@]5(C)[C@H]4CC[C@]23C)C(=O)O)C(=O)Oc2ccc3nc(C4=NC(C(=O)O)CS4)sc3c2)=C(C)C1=O. The predicted molar refractivity (Wildman–Crippen MR) is 337 cm³/mol. The third kappa shape index (κ3) is 15.9. The molecule has 0 bridgehead atoms. The Kier molecular flexibility index (Phi) is 23.0. The highest BCUT2D eigenvalue weighted by Gasteiger charge is 2.60. The van der Waals surface area contributed by atoms with Gasteiger partial charge in [0.1, 0.15) is 21.8 Å². The molecule has 0 saturated heterocycles. The summed E-state index contributed by atoms with van der Waals surface area (Å²) in [6.45, 7) is 16.8. The van der Waals surface area contributed by atoms with E-state index in [1.54, 1.807) is 59.9 Å². The van der Waals surface area contributed by atoms with Crippen LogP contribution in [0.1, 0.15) is 163 Å². The van der Waals surface area contributed by atoms with Gasteiger partial charge in [0, 0.05) is 92.0 Å². The van der Waals surface area contributed by atoms with Crippen molar-refractivity contribution in [2.75, 3.05) is 65.4 Å². The number of likely N-dealkylation sites (N-methyl/N-ethyl adjacent to an activating group) is 1. The lowest BCUT2D eigenvalue weighted by atomic mass is 9.44. The van der Waals surface area contributed by atoms with Crippen molar-refractivity contribution in [1.29, 1.82) is 0 Å². The molecule has 20 nitrogen and oxygen atoms in total. The number of amides is 4. The molecule has 4 saturated carbocycles. The number of carboxylic acid groups (broad SMARTS) is 2. The second kappa shape index (κ2) is 29.6. The molecule has 1 aliphatic heterocycles. The number of carbonyl (C=O) groups excluding carboxylic acids is 6. The molecular formula is C66H94N6O14S2. The van der Waals surface area contributed by atoms with E-state index in [0.29, 0.717) is 103 Å². The van der Waals surface area contributed by atoms with Crippen LogP contribution in [-0.4, -0.2) is 166 Å². The number of thioether (sulfide) groups is 1. The molecule has 8 rings (SSSR count). The van der Waals surface area contributed by atoms with Gasteiger partial charge in [0.15, 0.2) is 17.6 Å². The van der Waals surface area contributed by atoms with Gasteiger partial charge in [0.25, 0.3) is 0 Å². The van der Waals surface area contributed by atoms with E-state index in [9.17, 15) is 53.7 Å². The maximum atomic E-state index is 13.9. The van der Waals surface area contributed by atoms with E-state index in [4.69, 9.17) is 14.2 Å². The smallest absolute Gasteiger partial charge is 0.415 e. The fraction of sp³-hybridized carbons (Fsp3) is 0.697. The van der Waals surface area contributed by atoms with Crippen LogP contribution >= 0.6 is 23.1 Å². The summed E-state index contributed by atoms with van der Waals surface area (Å²) in [5.74, 6) is 0.989. The number of aliphatic hydroxyl groups is 1. The number of Topliss-reactive ketones (excluding diaryl/α,β-unsaturated/α-hetero) is 2. The second-order valence-electron chi connectivity index (χ2n) is 27.0. The van der Waals surface area contributed by atoms with Crippen molar-refractivity contribution in [3.05, 3.63) is 45.5 Å². The normalized spacial score (nSPS) is 26.8. The summed E-state index contributed by atoms with van der Waals surface area (Å²) in [5, 5.41) is 36.6. The van der Waals surface area contributed by atoms with Gasteiger partial charge in [-0.25, -0.2) is 19.4 Å². The first kappa shape index (κ1) is 68.4. The Bertz CT molecular complexity index is 3050. The van der Waals surface area contributed by atoms with Crippen LogP contribution < -0.4 is 15.4 Å². The third-order valence-electron chi connectivity index (χ3n) is 21.0. The van der Waals surface area contributed by atoms with Gasteiger partial charge in [-0.1, -0.05) is 34.6 Å². The highest BCUT2D eigenvalue weighted by molar-refractivity contribution is 8.15. The van der Waals surface area contributed by atoms with Gasteiger partial charge in [-0.15, -0.1) is 23.1 Å². The van der Waals surface area contributed by atoms with E-state index in [0.717, 1.165) is 37.5 Å². The van der Waals surface area contributed by atoms with Crippen molar-refractivity contribution < 1.29 is 67.9 Å². The Morgan fingerprint density at radius 2 is 1.53 bits per heavy atom. The average molecular weight is 1260 g/mol. The van der Waals surface area contributed by atoms with Crippen LogP contribution in [0.5, 0.6) is 5.75 Å². The zero-order valence-corrected chi connectivity index (χ0v) is 54.7. The van der Waals surface area contributed by atoms with Gasteiger partial charge in [-0.3, -0.25) is 29.0 Å². The number of ketones is 2. The summed E-state index contributed by atoms with van der Waals surface area (Å²) in [5.41, 5.74) is 1.67. The minimum atomic E-state index is -1.07. The zero-order chi connectivity index (χ0) is 63.8. The molecule has 1 aromatic heterocycles. The van der Waals surface area contributed by atoms with Crippen molar-refractivity contribution in [1.82, 2.24) is 25.4 Å². The third-order valence-corrected chi connectivity index (χ3v) is 23.2. The highest BCUT2D eigenvalue weighted by atomic mass is 32.2. The molecule has 2 heterocycles. The van der Waals surface area contributed by atoms with Crippen molar-refractivity contribution >= 4 is 85.7 Å². The van der Waals surface area contributed by atoms with Crippen LogP contribution in [0, 0.1) is 51.8 Å². The molecule has 4 amide bonds. The molecule has 88 heavy (non-hydrogen) atoms. The van der Waals surface area contributed by atoms with E-state index in [1.165, 1.54) is 71.4 Å². The summed E-state index contributed by atoms with van der Waals surface area (Å²) >= 11 is 2.62. The number of rotatable bonds is 29. The number of thiazole rings is 1. The van der Waals surface area contributed by atoms with E-state index < -0.39 is 35.5 Å². The van der Waals surface area contributed by atoms with Gasteiger partial charge in [-0.05, 0) is 163 Å². The Morgan fingerprint density at radius 3 is 2.26 bits per heavy atom. The predicted octanol–water partition coefficient (Wildman–Crippen LogP) is 9.44. The van der Waals surface area contributed by atoms with E-state index >= 15 is 0 Å². The fourth-order valence-electron chi connectivity index (χ4n) is 15.8. The van der Waals surface area contributed by atoms with Crippen molar-refractivity contribution in [2.24, 2.45) is 56.7 Å². The standard InChI is InChI=1S/C66H94N6O14S2/c1-38(46-17-18-47-45-16-14-42-34-43(73)21-24-65(42,7)48(45)22-25-66(46,47)8)13-20-54(75)68-50(61(79)80)12-10-11-26-67-53(74)23-30-84-32-33-85-31-29-72(28-27-71(9)55(76)36-64(5,6)56-41(4)57(77)39(2)40(3)58(56)78)63(83)86-44-15-19-49-52(35-44)88-60(69-49)59-70-51(37-87-59)62(81)82/h15,19,35,38,42-43,45-48,50-51,73H,10-14,16-18,20-34,36-37H2,1-9H3,(H,67,74)(H,68,75)(H,79,80)(H,81,82)/t38-,42-,43-,45+,46-,47+,48+,50?,51?,65+,66-/m1/s1. The molecule has 2 aromatic rings. The number of carbonyl (C=O) groups is 8. The number of hydrogen-bond donors (Lipinski definition) is 5. The van der Waals surface area contributed by atoms with Crippen LogP contribution in [0.3, 0.4) is 0 Å². The number of nitrogens with one attached hydrogen (secondary N) is 2. The summed E-state index contributed by atoms with van der Waals surface area (Å²) in [4.78, 5) is 115. The first-order valence-electron chi connectivity index (χ1n) is 31.9. The van der Waals surface area contributed by atoms with Gasteiger partial charge in [0.05, 0.1) is 42.7 Å². The molecule has 22 heteroatoms. The van der Waals surface area contributed by atoms with Gasteiger partial charge in [0.2, 0.25) is 17.7 Å². The van der Waals surface area contributed by atoms with Crippen molar-refractivity contribution in [3.63, 3.8) is 0 Å².